The third-order valence-corrected chi connectivity index (χ3v) is 6.58. The zero-order chi connectivity index (χ0) is 12.9. The van der Waals surface area contributed by atoms with E-state index in [2.05, 4.69) is 0 Å². The summed E-state index contributed by atoms with van der Waals surface area (Å²) in [6.45, 7) is 0. The molecular formula is C19H34. The largest absolute Gasteiger partial charge is 0.0533 e. The van der Waals surface area contributed by atoms with Crippen molar-refractivity contribution in [3.05, 3.63) is 0 Å². The van der Waals surface area contributed by atoms with Crippen LogP contribution >= 0.6 is 0 Å². The molecule has 3 rings (SSSR count). The molecule has 0 aromatic carbocycles. The van der Waals surface area contributed by atoms with Gasteiger partial charge in [0.2, 0.25) is 0 Å². The first kappa shape index (κ1) is 14.0. The topological polar surface area (TPSA) is 0 Å². The molecule has 0 aromatic heterocycles. The Labute approximate surface area is 120 Å². The lowest BCUT2D eigenvalue weighted by Gasteiger charge is -2.41. The lowest BCUT2D eigenvalue weighted by molar-refractivity contribution is 0.102. The van der Waals surface area contributed by atoms with Gasteiger partial charge in [0.05, 0.1) is 0 Å². The zero-order valence-corrected chi connectivity index (χ0v) is 12.9. The third-order valence-electron chi connectivity index (χ3n) is 6.58. The molecule has 0 N–H and O–H groups in total. The third kappa shape index (κ3) is 3.76. The number of hydrogen-bond acceptors (Lipinski definition) is 0. The van der Waals surface area contributed by atoms with Crippen molar-refractivity contribution in [2.45, 2.75) is 96.3 Å². The summed E-state index contributed by atoms with van der Waals surface area (Å²) in [6, 6.07) is 0. The lowest BCUT2D eigenvalue weighted by Crippen LogP contribution is -2.30. The smallest absolute Gasteiger partial charge is 0.0357 e. The number of hydrogen-bond donors (Lipinski definition) is 0. The SMILES string of the molecule is C1CCC(CC2CCCCC2C2CCCCC2)CC1. The highest BCUT2D eigenvalue weighted by molar-refractivity contribution is 4.84. The van der Waals surface area contributed by atoms with Gasteiger partial charge in [-0.2, -0.15) is 0 Å². The molecule has 0 heteroatoms. The van der Waals surface area contributed by atoms with Crippen LogP contribution in [0.1, 0.15) is 96.3 Å². The van der Waals surface area contributed by atoms with Crippen molar-refractivity contribution in [1.82, 2.24) is 0 Å². The zero-order valence-electron chi connectivity index (χ0n) is 12.9. The van der Waals surface area contributed by atoms with Crippen LogP contribution in [0.25, 0.3) is 0 Å². The molecular weight excluding hydrogens is 228 g/mol. The highest BCUT2D eigenvalue weighted by atomic mass is 14.4. The highest BCUT2D eigenvalue weighted by Crippen LogP contribution is 2.45. The number of rotatable bonds is 3. The molecule has 0 bridgehead atoms. The van der Waals surface area contributed by atoms with E-state index in [0.29, 0.717) is 0 Å². The molecule has 2 atom stereocenters. The van der Waals surface area contributed by atoms with E-state index in [0.717, 1.165) is 23.7 Å². The quantitative estimate of drug-likeness (QED) is 0.556. The van der Waals surface area contributed by atoms with Gasteiger partial charge < -0.3 is 0 Å². The van der Waals surface area contributed by atoms with E-state index in [9.17, 15) is 0 Å². The minimum absolute atomic E-state index is 1.11. The van der Waals surface area contributed by atoms with Crippen LogP contribution in [0.5, 0.6) is 0 Å². The maximum Gasteiger partial charge on any atom is -0.0357 e. The molecule has 0 spiro atoms. The fourth-order valence-electron chi connectivity index (χ4n) is 5.56. The van der Waals surface area contributed by atoms with Gasteiger partial charge in [0.15, 0.2) is 0 Å². The molecule has 3 saturated carbocycles. The van der Waals surface area contributed by atoms with Gasteiger partial charge in [-0.15, -0.1) is 0 Å². The van der Waals surface area contributed by atoms with E-state index in [1.165, 1.54) is 38.5 Å². The van der Waals surface area contributed by atoms with E-state index in [1.54, 1.807) is 57.8 Å². The van der Waals surface area contributed by atoms with Gasteiger partial charge in [0.1, 0.15) is 0 Å². The molecule has 2 unspecified atom stereocenters. The molecule has 0 heterocycles. The van der Waals surface area contributed by atoms with Crippen LogP contribution in [-0.2, 0) is 0 Å². The van der Waals surface area contributed by atoms with E-state index >= 15 is 0 Å². The van der Waals surface area contributed by atoms with Crippen molar-refractivity contribution in [3.63, 3.8) is 0 Å². The Hall–Kier alpha value is 0. The normalized spacial score (nSPS) is 35.4. The predicted molar refractivity (Wildman–Crippen MR) is 83.2 cm³/mol. The summed E-state index contributed by atoms with van der Waals surface area (Å²) in [6.07, 6.45) is 23.3. The van der Waals surface area contributed by atoms with Gasteiger partial charge in [-0.05, 0) is 36.5 Å². The van der Waals surface area contributed by atoms with Crippen LogP contribution in [0.4, 0.5) is 0 Å². The van der Waals surface area contributed by atoms with Crippen LogP contribution < -0.4 is 0 Å². The molecule has 110 valence electrons. The molecule has 19 heavy (non-hydrogen) atoms. The van der Waals surface area contributed by atoms with Crippen LogP contribution in [-0.4, -0.2) is 0 Å². The predicted octanol–water partition coefficient (Wildman–Crippen LogP) is 6.34. The molecule has 0 amide bonds. The summed E-state index contributed by atoms with van der Waals surface area (Å²) in [7, 11) is 0. The average Bonchev–Trinajstić information content (AvgIpc) is 2.50. The summed E-state index contributed by atoms with van der Waals surface area (Å²) < 4.78 is 0. The Balaban J connectivity index is 1.56. The van der Waals surface area contributed by atoms with Crippen molar-refractivity contribution in [2.75, 3.05) is 0 Å². The molecule has 0 radical (unpaired) electrons. The van der Waals surface area contributed by atoms with Crippen molar-refractivity contribution < 1.29 is 0 Å². The lowest BCUT2D eigenvalue weighted by atomic mass is 9.65. The van der Waals surface area contributed by atoms with Crippen molar-refractivity contribution in [2.24, 2.45) is 23.7 Å². The molecule has 0 aromatic rings. The van der Waals surface area contributed by atoms with Crippen LogP contribution in [0.15, 0.2) is 0 Å². The van der Waals surface area contributed by atoms with Gasteiger partial charge in [-0.3, -0.25) is 0 Å². The Morgan fingerprint density at radius 1 is 0.526 bits per heavy atom. The van der Waals surface area contributed by atoms with Crippen molar-refractivity contribution in [1.29, 1.82) is 0 Å². The van der Waals surface area contributed by atoms with Crippen LogP contribution in [0.3, 0.4) is 0 Å². The van der Waals surface area contributed by atoms with Crippen LogP contribution in [0, 0.1) is 23.7 Å². The van der Waals surface area contributed by atoms with E-state index < -0.39 is 0 Å². The molecule has 0 saturated heterocycles. The summed E-state index contributed by atoms with van der Waals surface area (Å²) in [4.78, 5) is 0. The summed E-state index contributed by atoms with van der Waals surface area (Å²) in [5, 5.41) is 0. The second kappa shape index (κ2) is 7.14. The maximum absolute atomic E-state index is 1.61. The van der Waals surface area contributed by atoms with E-state index in [4.69, 9.17) is 0 Å². The van der Waals surface area contributed by atoms with E-state index in [1.807, 2.05) is 0 Å². The minimum Gasteiger partial charge on any atom is -0.0533 e. The second-order valence-corrected chi connectivity index (χ2v) is 7.85. The summed E-state index contributed by atoms with van der Waals surface area (Å²) in [5.74, 6) is 4.50. The van der Waals surface area contributed by atoms with Gasteiger partial charge in [0, 0.05) is 0 Å². The van der Waals surface area contributed by atoms with E-state index in [-0.39, 0.29) is 0 Å². The average molecular weight is 262 g/mol. The Bertz CT molecular complexity index is 245. The molecule has 0 nitrogen and oxygen atoms in total. The first-order valence-corrected chi connectivity index (χ1v) is 9.43. The first-order valence-electron chi connectivity index (χ1n) is 9.43. The Morgan fingerprint density at radius 2 is 1.11 bits per heavy atom. The Kier molecular flexibility index (Phi) is 5.24. The molecule has 3 fully saturated rings. The summed E-state index contributed by atoms with van der Waals surface area (Å²) >= 11 is 0. The molecule has 0 aliphatic heterocycles. The van der Waals surface area contributed by atoms with Gasteiger partial charge >= 0.3 is 0 Å². The summed E-state index contributed by atoms with van der Waals surface area (Å²) in [5.41, 5.74) is 0. The first-order chi connectivity index (χ1) is 9.43. The Morgan fingerprint density at radius 3 is 1.84 bits per heavy atom. The fraction of sp³-hybridized carbons (Fsp3) is 1.00. The monoisotopic (exact) mass is 262 g/mol. The maximum atomic E-state index is 1.61. The van der Waals surface area contributed by atoms with Crippen molar-refractivity contribution >= 4 is 0 Å². The van der Waals surface area contributed by atoms with Gasteiger partial charge in [0.25, 0.3) is 0 Å². The molecule has 3 aliphatic carbocycles. The van der Waals surface area contributed by atoms with Crippen LogP contribution in [0.2, 0.25) is 0 Å². The second-order valence-electron chi connectivity index (χ2n) is 7.85. The molecule has 3 aliphatic rings. The fourth-order valence-corrected chi connectivity index (χ4v) is 5.56. The van der Waals surface area contributed by atoms with Gasteiger partial charge in [-0.1, -0.05) is 83.5 Å². The standard InChI is InChI=1S/C19H34/c1-3-9-16(10-4-1)15-18-13-7-8-14-19(18)17-11-5-2-6-12-17/h16-19H,1-15H2. The minimum atomic E-state index is 1.11. The van der Waals surface area contributed by atoms with Crippen molar-refractivity contribution in [3.8, 4) is 0 Å². The van der Waals surface area contributed by atoms with Gasteiger partial charge in [-0.25, -0.2) is 0 Å². The highest BCUT2D eigenvalue weighted by Gasteiger charge is 2.33.